The van der Waals surface area contributed by atoms with Gasteiger partial charge in [-0.2, -0.15) is 0 Å². The molecular weight excluding hydrogens is 196 g/mol. The summed E-state index contributed by atoms with van der Waals surface area (Å²) >= 11 is 0. The van der Waals surface area contributed by atoms with Crippen LogP contribution in [0.25, 0.3) is 0 Å². The van der Waals surface area contributed by atoms with Crippen molar-refractivity contribution in [1.29, 1.82) is 0 Å². The maximum absolute atomic E-state index is 3.60. The highest BCUT2D eigenvalue weighted by Gasteiger charge is 2.30. The molecule has 0 radical (unpaired) electrons. The average molecular weight is 224 g/mol. The Balaban J connectivity index is 1.93. The van der Waals surface area contributed by atoms with Gasteiger partial charge in [-0.15, -0.1) is 0 Å². The van der Waals surface area contributed by atoms with Crippen LogP contribution < -0.4 is 5.32 Å². The molecule has 0 saturated carbocycles. The summed E-state index contributed by atoms with van der Waals surface area (Å²) in [6, 6.07) is 1.71. The molecule has 0 aromatic heterocycles. The number of hydrogen-bond donors (Lipinski definition) is 1. The Hall–Kier alpha value is -0.0800. The highest BCUT2D eigenvalue weighted by atomic mass is 15.2. The van der Waals surface area contributed by atoms with E-state index in [1.165, 1.54) is 58.2 Å². The summed E-state index contributed by atoms with van der Waals surface area (Å²) in [5.74, 6) is 0.864. The lowest BCUT2D eigenvalue weighted by Crippen LogP contribution is -2.53. The van der Waals surface area contributed by atoms with Gasteiger partial charge in [0.2, 0.25) is 0 Å². The minimum Gasteiger partial charge on any atom is -0.315 e. The number of rotatable bonds is 3. The summed E-state index contributed by atoms with van der Waals surface area (Å²) in [5.41, 5.74) is 0. The first-order valence-electron chi connectivity index (χ1n) is 7.27. The van der Waals surface area contributed by atoms with E-state index in [1.807, 2.05) is 0 Å². The molecule has 3 unspecified atom stereocenters. The van der Waals surface area contributed by atoms with Gasteiger partial charge in [-0.1, -0.05) is 26.7 Å². The van der Waals surface area contributed by atoms with Crippen molar-refractivity contribution in [3.63, 3.8) is 0 Å². The lowest BCUT2D eigenvalue weighted by atomic mass is 9.91. The van der Waals surface area contributed by atoms with Gasteiger partial charge in [-0.3, -0.25) is 4.90 Å². The minimum atomic E-state index is 0.820. The van der Waals surface area contributed by atoms with Gasteiger partial charge in [-0.25, -0.2) is 0 Å². The first-order chi connectivity index (χ1) is 7.81. The van der Waals surface area contributed by atoms with Gasteiger partial charge in [0.05, 0.1) is 0 Å². The maximum atomic E-state index is 3.60. The zero-order valence-corrected chi connectivity index (χ0v) is 11.0. The van der Waals surface area contributed by atoms with Crippen molar-refractivity contribution in [1.82, 2.24) is 10.2 Å². The Morgan fingerprint density at radius 1 is 1.25 bits per heavy atom. The Morgan fingerprint density at radius 3 is 2.88 bits per heavy atom. The summed E-state index contributed by atoms with van der Waals surface area (Å²) in [6.45, 7) is 8.52. The molecular formula is C14H28N2. The molecule has 0 aliphatic carbocycles. The van der Waals surface area contributed by atoms with Gasteiger partial charge in [0.1, 0.15) is 0 Å². The molecule has 2 heterocycles. The average Bonchev–Trinajstić information content (AvgIpc) is 2.30. The number of piperidine rings is 2. The smallest absolute Gasteiger partial charge is 0.0226 e. The fourth-order valence-electron chi connectivity index (χ4n) is 3.53. The molecule has 2 heteroatoms. The van der Waals surface area contributed by atoms with Crippen LogP contribution in [-0.2, 0) is 0 Å². The Morgan fingerprint density at radius 2 is 2.12 bits per heavy atom. The van der Waals surface area contributed by atoms with Crippen LogP contribution in [0.5, 0.6) is 0 Å². The van der Waals surface area contributed by atoms with Crippen LogP contribution in [-0.4, -0.2) is 36.6 Å². The van der Waals surface area contributed by atoms with Crippen LogP contribution in [0.1, 0.15) is 52.4 Å². The fraction of sp³-hybridized carbons (Fsp3) is 1.00. The summed E-state index contributed by atoms with van der Waals surface area (Å²) < 4.78 is 0. The molecule has 3 atom stereocenters. The Labute approximate surface area is 101 Å². The molecule has 2 fully saturated rings. The third-order valence-corrected chi connectivity index (χ3v) is 4.31. The first kappa shape index (κ1) is 12.4. The van der Waals surface area contributed by atoms with E-state index in [2.05, 4.69) is 24.1 Å². The monoisotopic (exact) mass is 224 g/mol. The zero-order valence-electron chi connectivity index (χ0n) is 11.0. The second-order valence-electron chi connectivity index (χ2n) is 5.83. The molecule has 2 nitrogen and oxygen atoms in total. The molecule has 2 saturated heterocycles. The Kier molecular flexibility index (Phi) is 4.66. The lowest BCUT2D eigenvalue weighted by Gasteiger charge is -2.44. The number of nitrogens with zero attached hydrogens (tertiary/aromatic N) is 1. The van der Waals surface area contributed by atoms with Crippen molar-refractivity contribution in [2.24, 2.45) is 5.92 Å². The summed E-state index contributed by atoms with van der Waals surface area (Å²) in [6.07, 6.45) is 8.48. The largest absolute Gasteiger partial charge is 0.315 e. The van der Waals surface area contributed by atoms with Crippen molar-refractivity contribution >= 4 is 0 Å². The highest BCUT2D eigenvalue weighted by molar-refractivity contribution is 4.87. The van der Waals surface area contributed by atoms with Gasteiger partial charge >= 0.3 is 0 Å². The van der Waals surface area contributed by atoms with Crippen molar-refractivity contribution in [2.75, 3.05) is 19.6 Å². The standard InChI is InChI=1S/C14H28N2/c1-3-6-13-7-4-5-8-16(13)14-9-12(2)10-15-11-14/h12-15H,3-11H2,1-2H3. The van der Waals surface area contributed by atoms with Gasteiger partial charge in [0.15, 0.2) is 0 Å². The molecule has 0 aromatic carbocycles. The lowest BCUT2D eigenvalue weighted by molar-refractivity contribution is 0.0636. The van der Waals surface area contributed by atoms with E-state index in [0.29, 0.717) is 0 Å². The van der Waals surface area contributed by atoms with E-state index >= 15 is 0 Å². The van der Waals surface area contributed by atoms with Crippen molar-refractivity contribution in [3.05, 3.63) is 0 Å². The summed E-state index contributed by atoms with van der Waals surface area (Å²) in [5, 5.41) is 3.60. The third-order valence-electron chi connectivity index (χ3n) is 4.31. The molecule has 2 rings (SSSR count). The van der Waals surface area contributed by atoms with Crippen LogP contribution in [0.2, 0.25) is 0 Å². The van der Waals surface area contributed by atoms with Gasteiger partial charge < -0.3 is 5.32 Å². The zero-order chi connectivity index (χ0) is 11.4. The van der Waals surface area contributed by atoms with Crippen LogP contribution in [0.4, 0.5) is 0 Å². The van der Waals surface area contributed by atoms with Crippen LogP contribution in [0, 0.1) is 5.92 Å². The van der Waals surface area contributed by atoms with Crippen LogP contribution in [0.15, 0.2) is 0 Å². The van der Waals surface area contributed by atoms with Gasteiger partial charge in [0, 0.05) is 18.6 Å². The molecule has 0 spiro atoms. The maximum Gasteiger partial charge on any atom is 0.0226 e. The van der Waals surface area contributed by atoms with Crippen molar-refractivity contribution < 1.29 is 0 Å². The highest BCUT2D eigenvalue weighted by Crippen LogP contribution is 2.26. The summed E-state index contributed by atoms with van der Waals surface area (Å²) in [7, 11) is 0. The number of nitrogens with one attached hydrogen (secondary N) is 1. The molecule has 2 aliphatic rings. The van der Waals surface area contributed by atoms with Crippen LogP contribution in [0.3, 0.4) is 0 Å². The van der Waals surface area contributed by atoms with E-state index in [9.17, 15) is 0 Å². The number of likely N-dealkylation sites (tertiary alicyclic amines) is 1. The van der Waals surface area contributed by atoms with E-state index < -0.39 is 0 Å². The molecule has 0 bridgehead atoms. The Bertz CT molecular complexity index is 203. The second-order valence-corrected chi connectivity index (χ2v) is 5.83. The SMILES string of the molecule is CCCC1CCCCN1C1CNCC(C)C1. The molecule has 16 heavy (non-hydrogen) atoms. The quantitative estimate of drug-likeness (QED) is 0.793. The normalized spacial score (nSPS) is 37.5. The molecule has 2 aliphatic heterocycles. The molecule has 1 N–H and O–H groups in total. The number of hydrogen-bond acceptors (Lipinski definition) is 2. The van der Waals surface area contributed by atoms with E-state index in [0.717, 1.165) is 18.0 Å². The fourth-order valence-corrected chi connectivity index (χ4v) is 3.53. The minimum absolute atomic E-state index is 0.820. The molecule has 0 amide bonds. The topological polar surface area (TPSA) is 15.3 Å². The summed E-state index contributed by atoms with van der Waals surface area (Å²) in [4.78, 5) is 2.83. The van der Waals surface area contributed by atoms with Crippen LogP contribution >= 0.6 is 0 Å². The van der Waals surface area contributed by atoms with E-state index in [4.69, 9.17) is 0 Å². The van der Waals surface area contributed by atoms with Crippen molar-refractivity contribution in [3.8, 4) is 0 Å². The van der Waals surface area contributed by atoms with E-state index in [1.54, 1.807) is 0 Å². The predicted octanol–water partition coefficient (Wildman–Crippen LogP) is 2.64. The first-order valence-corrected chi connectivity index (χ1v) is 7.27. The van der Waals surface area contributed by atoms with Crippen molar-refractivity contribution in [2.45, 2.75) is 64.5 Å². The third kappa shape index (κ3) is 2.98. The predicted molar refractivity (Wildman–Crippen MR) is 69.7 cm³/mol. The molecule has 94 valence electrons. The molecule has 0 aromatic rings. The second kappa shape index (κ2) is 6.02. The van der Waals surface area contributed by atoms with E-state index in [-0.39, 0.29) is 0 Å². The van der Waals surface area contributed by atoms with Gasteiger partial charge in [0.25, 0.3) is 0 Å². The van der Waals surface area contributed by atoms with Gasteiger partial charge in [-0.05, 0) is 44.7 Å².